The number of carbonyl (C=O) groups excluding carboxylic acids is 2. The first kappa shape index (κ1) is 7.05. The van der Waals surface area contributed by atoms with E-state index < -0.39 is 0 Å². The first-order chi connectivity index (χ1) is 4.74. The van der Waals surface area contributed by atoms with Gasteiger partial charge in [-0.25, -0.2) is 4.79 Å². The standard InChI is InChI=1S/C6H8NO3/c1-5(9)7-2-6(3-7)10-4-8/h6H,2-3H2,1H3. The number of hydrogen-bond donors (Lipinski definition) is 0. The van der Waals surface area contributed by atoms with Crippen molar-refractivity contribution in [2.75, 3.05) is 13.1 Å². The largest absolute Gasteiger partial charge is 0.450 e. The van der Waals surface area contributed by atoms with E-state index in [0.717, 1.165) is 0 Å². The summed E-state index contributed by atoms with van der Waals surface area (Å²) in [7, 11) is 0. The molecule has 0 atom stereocenters. The van der Waals surface area contributed by atoms with Crippen molar-refractivity contribution in [1.29, 1.82) is 0 Å². The van der Waals surface area contributed by atoms with Gasteiger partial charge in [-0.15, -0.1) is 0 Å². The topological polar surface area (TPSA) is 46.6 Å². The number of likely N-dealkylation sites (tertiary alicyclic amines) is 1. The van der Waals surface area contributed by atoms with E-state index in [1.165, 1.54) is 13.4 Å². The van der Waals surface area contributed by atoms with E-state index >= 15 is 0 Å². The molecule has 0 aromatic heterocycles. The molecule has 0 N–H and O–H groups in total. The van der Waals surface area contributed by atoms with Crippen LogP contribution in [0.25, 0.3) is 0 Å². The van der Waals surface area contributed by atoms with E-state index in [1.54, 1.807) is 4.90 Å². The van der Waals surface area contributed by atoms with Crippen molar-refractivity contribution in [2.24, 2.45) is 0 Å². The molecular formula is C6H8NO3. The summed E-state index contributed by atoms with van der Waals surface area (Å²) in [6.45, 7) is 3.86. The molecule has 10 heavy (non-hydrogen) atoms. The fraction of sp³-hybridized carbons (Fsp3) is 0.667. The summed E-state index contributed by atoms with van der Waals surface area (Å²) < 4.78 is 4.46. The fourth-order valence-electron chi connectivity index (χ4n) is 0.838. The Morgan fingerprint density at radius 3 is 2.70 bits per heavy atom. The molecule has 0 bridgehead atoms. The fourth-order valence-corrected chi connectivity index (χ4v) is 0.838. The molecule has 1 aliphatic rings. The van der Waals surface area contributed by atoms with Gasteiger partial charge in [-0.2, -0.15) is 0 Å². The van der Waals surface area contributed by atoms with Crippen molar-refractivity contribution < 1.29 is 14.3 Å². The molecular weight excluding hydrogens is 134 g/mol. The lowest BCUT2D eigenvalue weighted by molar-refractivity contribution is -0.138. The third kappa shape index (κ3) is 1.26. The van der Waals surface area contributed by atoms with Crippen LogP contribution in [0.5, 0.6) is 0 Å². The van der Waals surface area contributed by atoms with Crippen molar-refractivity contribution >= 4 is 12.4 Å². The van der Waals surface area contributed by atoms with Gasteiger partial charge >= 0.3 is 6.47 Å². The van der Waals surface area contributed by atoms with Crippen molar-refractivity contribution in [1.82, 2.24) is 4.90 Å². The second kappa shape index (κ2) is 2.68. The van der Waals surface area contributed by atoms with Crippen LogP contribution >= 0.6 is 0 Å². The summed E-state index contributed by atoms with van der Waals surface area (Å²) in [4.78, 5) is 21.8. The predicted octanol–water partition coefficient (Wildman–Crippen LogP) is -0.699. The Morgan fingerprint density at radius 1 is 1.70 bits per heavy atom. The van der Waals surface area contributed by atoms with Gasteiger partial charge in [-0.05, 0) is 0 Å². The monoisotopic (exact) mass is 142 g/mol. The molecule has 1 fully saturated rings. The maximum atomic E-state index is 10.5. The van der Waals surface area contributed by atoms with Gasteiger partial charge in [0.15, 0.2) is 0 Å². The van der Waals surface area contributed by atoms with Gasteiger partial charge in [0.05, 0.1) is 13.1 Å². The third-order valence-electron chi connectivity index (χ3n) is 1.51. The predicted molar refractivity (Wildman–Crippen MR) is 32.8 cm³/mol. The third-order valence-corrected chi connectivity index (χ3v) is 1.51. The number of ether oxygens (including phenoxy) is 1. The lowest BCUT2D eigenvalue weighted by Gasteiger charge is -2.36. The zero-order chi connectivity index (χ0) is 7.56. The van der Waals surface area contributed by atoms with Crippen molar-refractivity contribution in [2.45, 2.75) is 13.0 Å². The van der Waals surface area contributed by atoms with Gasteiger partial charge in [0.25, 0.3) is 0 Å². The molecule has 4 heteroatoms. The highest BCUT2D eigenvalue weighted by atomic mass is 16.5. The van der Waals surface area contributed by atoms with Gasteiger partial charge in [0, 0.05) is 6.92 Å². The Labute approximate surface area is 58.8 Å². The highest BCUT2D eigenvalue weighted by molar-refractivity contribution is 5.74. The van der Waals surface area contributed by atoms with E-state index in [2.05, 4.69) is 4.74 Å². The van der Waals surface area contributed by atoms with Gasteiger partial charge in [0.1, 0.15) is 6.10 Å². The first-order valence-electron chi connectivity index (χ1n) is 3.02. The summed E-state index contributed by atoms with van der Waals surface area (Å²) in [6, 6.07) is 0. The molecule has 0 aromatic carbocycles. The summed E-state index contributed by atoms with van der Waals surface area (Å²) >= 11 is 0. The molecule has 1 saturated heterocycles. The SMILES string of the molecule is CC(=O)N1CC(O[C]=O)C1. The Kier molecular flexibility index (Phi) is 1.89. The molecule has 1 heterocycles. The van der Waals surface area contributed by atoms with Crippen LogP contribution in [-0.2, 0) is 14.3 Å². The number of nitrogens with zero attached hydrogens (tertiary/aromatic N) is 1. The lowest BCUT2D eigenvalue weighted by atomic mass is 10.2. The van der Waals surface area contributed by atoms with Crippen LogP contribution in [0.3, 0.4) is 0 Å². The minimum Gasteiger partial charge on any atom is -0.450 e. The quantitative estimate of drug-likeness (QED) is 0.512. The number of rotatable bonds is 2. The summed E-state index contributed by atoms with van der Waals surface area (Å²) in [5.74, 6) is 0.0192. The van der Waals surface area contributed by atoms with E-state index in [4.69, 9.17) is 0 Å². The molecule has 0 aromatic rings. The first-order valence-corrected chi connectivity index (χ1v) is 3.02. The molecule has 1 aliphatic heterocycles. The second-order valence-corrected chi connectivity index (χ2v) is 2.25. The van der Waals surface area contributed by atoms with Crippen LogP contribution in [0.15, 0.2) is 0 Å². The minimum atomic E-state index is -0.124. The number of amides is 1. The number of hydrogen-bond acceptors (Lipinski definition) is 3. The number of carbonyl (C=O) groups is 1. The highest BCUT2D eigenvalue weighted by Gasteiger charge is 2.29. The van der Waals surface area contributed by atoms with Crippen LogP contribution in [0.1, 0.15) is 6.92 Å². The van der Waals surface area contributed by atoms with Crippen molar-refractivity contribution in [3.8, 4) is 0 Å². The maximum absolute atomic E-state index is 10.5. The lowest BCUT2D eigenvalue weighted by Crippen LogP contribution is -2.53. The average molecular weight is 142 g/mol. The van der Waals surface area contributed by atoms with Crippen LogP contribution in [0, 0.1) is 0 Å². The molecule has 1 rings (SSSR count). The zero-order valence-corrected chi connectivity index (χ0v) is 5.66. The molecule has 1 radical (unpaired) electrons. The van der Waals surface area contributed by atoms with Gasteiger partial charge in [-0.3, -0.25) is 4.79 Å². The van der Waals surface area contributed by atoms with Crippen LogP contribution in [-0.4, -0.2) is 36.5 Å². The normalized spacial score (nSPS) is 17.9. The van der Waals surface area contributed by atoms with E-state index in [1.807, 2.05) is 0 Å². The molecule has 4 nitrogen and oxygen atoms in total. The van der Waals surface area contributed by atoms with E-state index in [9.17, 15) is 9.59 Å². The average Bonchev–Trinajstić information content (AvgIpc) is 1.76. The molecule has 0 aliphatic carbocycles. The van der Waals surface area contributed by atoms with Crippen molar-refractivity contribution in [3.05, 3.63) is 0 Å². The molecule has 0 saturated carbocycles. The van der Waals surface area contributed by atoms with Crippen LogP contribution < -0.4 is 0 Å². The van der Waals surface area contributed by atoms with E-state index in [0.29, 0.717) is 13.1 Å². The Morgan fingerprint density at radius 2 is 2.30 bits per heavy atom. The minimum absolute atomic E-state index is 0.0192. The summed E-state index contributed by atoms with van der Waals surface area (Å²) in [6.07, 6.45) is -0.124. The Bertz CT molecular complexity index is 151. The maximum Gasteiger partial charge on any atom is 0.417 e. The van der Waals surface area contributed by atoms with Crippen LogP contribution in [0.4, 0.5) is 0 Å². The molecule has 1 amide bonds. The summed E-state index contributed by atoms with van der Waals surface area (Å²) in [5.41, 5.74) is 0. The van der Waals surface area contributed by atoms with Gasteiger partial charge in [0.2, 0.25) is 5.91 Å². The smallest absolute Gasteiger partial charge is 0.417 e. The van der Waals surface area contributed by atoms with Crippen molar-refractivity contribution in [3.63, 3.8) is 0 Å². The van der Waals surface area contributed by atoms with E-state index in [-0.39, 0.29) is 12.0 Å². The molecule has 0 unspecified atom stereocenters. The van der Waals surface area contributed by atoms with Crippen LogP contribution in [0.2, 0.25) is 0 Å². The Balaban J connectivity index is 2.17. The van der Waals surface area contributed by atoms with Gasteiger partial charge < -0.3 is 9.64 Å². The highest BCUT2D eigenvalue weighted by Crippen LogP contribution is 2.09. The zero-order valence-electron chi connectivity index (χ0n) is 5.66. The Hall–Kier alpha value is -1.06. The summed E-state index contributed by atoms with van der Waals surface area (Å²) in [5, 5.41) is 0. The second-order valence-electron chi connectivity index (χ2n) is 2.25. The van der Waals surface area contributed by atoms with Gasteiger partial charge in [-0.1, -0.05) is 0 Å². The molecule has 0 spiro atoms. The molecule has 55 valence electrons.